The van der Waals surface area contributed by atoms with Gasteiger partial charge in [-0.25, -0.2) is 0 Å². The monoisotopic (exact) mass is 489 g/mol. The van der Waals surface area contributed by atoms with Crippen LogP contribution < -0.4 is 10.6 Å². The summed E-state index contributed by atoms with van der Waals surface area (Å²) in [6.45, 7) is 8.67. The van der Waals surface area contributed by atoms with Crippen molar-refractivity contribution >= 4 is 29.9 Å². The van der Waals surface area contributed by atoms with Crippen molar-refractivity contribution in [3.05, 3.63) is 24.2 Å². The summed E-state index contributed by atoms with van der Waals surface area (Å²) in [6, 6.07) is 4.97. The summed E-state index contributed by atoms with van der Waals surface area (Å²) in [5.74, 6) is 1.93. The van der Waals surface area contributed by atoms with E-state index in [0.717, 1.165) is 44.4 Å². The maximum Gasteiger partial charge on any atom is 0.191 e. The minimum absolute atomic E-state index is 0. The van der Waals surface area contributed by atoms with Crippen LogP contribution in [-0.2, 0) is 0 Å². The van der Waals surface area contributed by atoms with E-state index in [-0.39, 0.29) is 30.0 Å². The molecular weight excluding hydrogens is 453 g/mol. The molecule has 2 unspecified atom stereocenters. The highest BCUT2D eigenvalue weighted by molar-refractivity contribution is 14.0. The third kappa shape index (κ3) is 6.35. The maximum absolute atomic E-state index is 5.74. The lowest BCUT2D eigenvalue weighted by atomic mass is 10.1. The third-order valence-electron chi connectivity index (χ3n) is 5.80. The van der Waals surface area contributed by atoms with Crippen LogP contribution in [0.2, 0.25) is 0 Å². The van der Waals surface area contributed by atoms with Crippen LogP contribution in [0.1, 0.15) is 50.8 Å². The van der Waals surface area contributed by atoms with Crippen molar-refractivity contribution in [2.24, 2.45) is 4.99 Å². The number of likely N-dealkylation sites (tertiary alicyclic amines) is 2. The van der Waals surface area contributed by atoms with Crippen molar-refractivity contribution in [2.45, 2.75) is 51.1 Å². The molecule has 0 amide bonds. The van der Waals surface area contributed by atoms with E-state index in [1.165, 1.54) is 38.6 Å². The Morgan fingerprint density at radius 3 is 2.70 bits per heavy atom. The van der Waals surface area contributed by atoms with Crippen molar-refractivity contribution in [2.75, 3.05) is 46.3 Å². The van der Waals surface area contributed by atoms with Gasteiger partial charge in [-0.2, -0.15) is 0 Å². The molecule has 0 radical (unpaired) electrons. The molecule has 27 heavy (non-hydrogen) atoms. The third-order valence-corrected chi connectivity index (χ3v) is 5.80. The number of hydrogen-bond acceptors (Lipinski definition) is 4. The molecule has 1 aromatic heterocycles. The number of hydrogen-bond donors (Lipinski definition) is 2. The predicted molar refractivity (Wildman–Crippen MR) is 122 cm³/mol. The lowest BCUT2D eigenvalue weighted by Gasteiger charge is -2.34. The molecule has 7 heteroatoms. The topological polar surface area (TPSA) is 56.0 Å². The average molecular weight is 489 g/mol. The first kappa shape index (κ1) is 22.5. The number of guanidine groups is 1. The summed E-state index contributed by atoms with van der Waals surface area (Å²) in [4.78, 5) is 9.52. The molecule has 2 aliphatic rings. The van der Waals surface area contributed by atoms with E-state index in [9.17, 15) is 0 Å². The van der Waals surface area contributed by atoms with Gasteiger partial charge in [-0.1, -0.05) is 13.3 Å². The van der Waals surface area contributed by atoms with Gasteiger partial charge in [-0.05, 0) is 64.0 Å². The molecule has 2 N–H and O–H groups in total. The first-order chi connectivity index (χ1) is 12.8. The van der Waals surface area contributed by atoms with E-state index in [1.54, 1.807) is 6.26 Å². The summed E-state index contributed by atoms with van der Waals surface area (Å²) in [5, 5.41) is 7.06. The van der Waals surface area contributed by atoms with E-state index >= 15 is 0 Å². The van der Waals surface area contributed by atoms with Gasteiger partial charge in [0.25, 0.3) is 0 Å². The Bertz CT molecular complexity index is 545. The van der Waals surface area contributed by atoms with Gasteiger partial charge < -0.3 is 15.1 Å². The van der Waals surface area contributed by atoms with E-state index < -0.39 is 0 Å². The van der Waals surface area contributed by atoms with E-state index in [0.29, 0.717) is 6.04 Å². The number of piperidine rings is 1. The summed E-state index contributed by atoms with van der Waals surface area (Å²) >= 11 is 0. The van der Waals surface area contributed by atoms with Gasteiger partial charge in [0.15, 0.2) is 5.96 Å². The minimum Gasteiger partial charge on any atom is -0.468 e. The number of halogens is 1. The molecular formula is C20H36IN5O. The summed E-state index contributed by atoms with van der Waals surface area (Å²) in [5.41, 5.74) is 0. The second-order valence-corrected chi connectivity index (χ2v) is 7.39. The van der Waals surface area contributed by atoms with Crippen LogP contribution in [0.3, 0.4) is 0 Å². The zero-order valence-corrected chi connectivity index (χ0v) is 19.2. The molecule has 6 nitrogen and oxygen atoms in total. The highest BCUT2D eigenvalue weighted by atomic mass is 127. The molecule has 2 fully saturated rings. The van der Waals surface area contributed by atoms with Crippen LogP contribution in [0.25, 0.3) is 0 Å². The number of likely N-dealkylation sites (N-methyl/N-ethyl adjacent to an activating group) is 1. The Kier molecular flexibility index (Phi) is 9.92. The van der Waals surface area contributed by atoms with E-state index in [4.69, 9.17) is 4.42 Å². The lowest BCUT2D eigenvalue weighted by molar-refractivity contribution is 0.146. The fraction of sp³-hybridized carbons (Fsp3) is 0.750. The molecule has 1 aromatic rings. The molecule has 3 heterocycles. The number of nitrogens with one attached hydrogen (secondary N) is 2. The Morgan fingerprint density at radius 1 is 1.22 bits per heavy atom. The van der Waals surface area contributed by atoms with Gasteiger partial charge in [0.05, 0.1) is 12.3 Å². The molecule has 2 saturated heterocycles. The number of aliphatic imine (C=N–C) groups is 1. The van der Waals surface area contributed by atoms with Gasteiger partial charge in [0.2, 0.25) is 0 Å². The van der Waals surface area contributed by atoms with Crippen molar-refractivity contribution in [3.63, 3.8) is 0 Å². The van der Waals surface area contributed by atoms with Crippen LogP contribution >= 0.6 is 24.0 Å². The molecule has 0 bridgehead atoms. The SMILES string of the molecule is CCN1CCCC1CNC(=NC)NCC(c1ccco1)N1CCCCC1.I. The van der Waals surface area contributed by atoms with Gasteiger partial charge >= 0.3 is 0 Å². The van der Waals surface area contributed by atoms with Crippen LogP contribution in [0.5, 0.6) is 0 Å². The van der Waals surface area contributed by atoms with Crippen molar-refractivity contribution in [3.8, 4) is 0 Å². The summed E-state index contributed by atoms with van der Waals surface area (Å²) in [6.07, 6.45) is 8.26. The lowest BCUT2D eigenvalue weighted by Crippen LogP contribution is -2.47. The van der Waals surface area contributed by atoms with Gasteiger partial charge in [-0.15, -0.1) is 24.0 Å². The predicted octanol–water partition coefficient (Wildman–Crippen LogP) is 3.07. The molecule has 0 saturated carbocycles. The van der Waals surface area contributed by atoms with E-state index in [2.05, 4.69) is 38.4 Å². The molecule has 0 spiro atoms. The minimum atomic E-state index is 0. The molecule has 2 atom stereocenters. The van der Waals surface area contributed by atoms with Crippen molar-refractivity contribution in [1.82, 2.24) is 20.4 Å². The van der Waals surface area contributed by atoms with E-state index in [1.807, 2.05) is 13.1 Å². The number of nitrogens with zero attached hydrogens (tertiary/aromatic N) is 3. The molecule has 154 valence electrons. The summed E-state index contributed by atoms with van der Waals surface area (Å²) in [7, 11) is 1.85. The zero-order valence-electron chi connectivity index (χ0n) is 16.8. The van der Waals surface area contributed by atoms with Crippen LogP contribution in [0.15, 0.2) is 27.8 Å². The smallest absolute Gasteiger partial charge is 0.191 e. The fourth-order valence-corrected chi connectivity index (χ4v) is 4.29. The second kappa shape index (κ2) is 11.9. The zero-order chi connectivity index (χ0) is 18.2. The average Bonchev–Trinajstić information content (AvgIpc) is 3.37. The highest BCUT2D eigenvalue weighted by Gasteiger charge is 2.25. The van der Waals surface area contributed by atoms with Crippen molar-refractivity contribution < 1.29 is 4.42 Å². The quantitative estimate of drug-likeness (QED) is 0.351. The Morgan fingerprint density at radius 2 is 2.04 bits per heavy atom. The molecule has 3 rings (SSSR count). The Hall–Kier alpha value is -0.800. The van der Waals surface area contributed by atoms with Gasteiger partial charge in [0, 0.05) is 26.2 Å². The normalized spacial score (nSPS) is 23.0. The Labute approximate surface area is 181 Å². The first-order valence-electron chi connectivity index (χ1n) is 10.3. The maximum atomic E-state index is 5.74. The van der Waals surface area contributed by atoms with Gasteiger partial charge in [-0.3, -0.25) is 14.8 Å². The first-order valence-corrected chi connectivity index (χ1v) is 10.3. The number of rotatable bonds is 7. The fourth-order valence-electron chi connectivity index (χ4n) is 4.29. The van der Waals surface area contributed by atoms with Crippen LogP contribution in [0.4, 0.5) is 0 Å². The number of furan rings is 1. The second-order valence-electron chi connectivity index (χ2n) is 7.39. The molecule has 2 aliphatic heterocycles. The largest absolute Gasteiger partial charge is 0.468 e. The van der Waals surface area contributed by atoms with Gasteiger partial charge in [0.1, 0.15) is 5.76 Å². The standard InChI is InChI=1S/C20H35N5O.HI/c1-3-24-13-7-9-17(24)15-22-20(21-2)23-16-18(19-10-8-14-26-19)25-11-5-4-6-12-25;/h8,10,14,17-18H,3-7,9,11-13,15-16H2,1-2H3,(H2,21,22,23);1H. The van der Waals surface area contributed by atoms with Crippen LogP contribution in [-0.4, -0.2) is 68.1 Å². The van der Waals surface area contributed by atoms with Crippen LogP contribution in [0, 0.1) is 0 Å². The Balaban J connectivity index is 0.00000261. The summed E-state index contributed by atoms with van der Waals surface area (Å²) < 4.78 is 5.74. The molecule has 0 aromatic carbocycles. The van der Waals surface area contributed by atoms with Crippen molar-refractivity contribution in [1.29, 1.82) is 0 Å². The molecule has 0 aliphatic carbocycles. The highest BCUT2D eigenvalue weighted by Crippen LogP contribution is 2.24.